The molecule has 0 aliphatic carbocycles. The molecular weight excluding hydrogens is 178 g/mol. The fourth-order valence-corrected chi connectivity index (χ4v) is 2.28. The summed E-state index contributed by atoms with van der Waals surface area (Å²) >= 11 is 0. The Morgan fingerprint density at radius 1 is 1.42 bits per heavy atom. The summed E-state index contributed by atoms with van der Waals surface area (Å²) < 4.78 is 29.4. The van der Waals surface area contributed by atoms with Crippen LogP contribution < -0.4 is 4.72 Å². The Hall–Kier alpha value is -0.130. The Labute approximate surface area is 74.4 Å². The smallest absolute Gasteiger partial charge is 0.211 e. The molecule has 5 heteroatoms. The summed E-state index contributed by atoms with van der Waals surface area (Å²) in [6.45, 7) is 4.14. The second-order valence-corrected chi connectivity index (χ2v) is 5.49. The van der Waals surface area contributed by atoms with E-state index in [1.807, 2.05) is 13.8 Å². The van der Waals surface area contributed by atoms with E-state index < -0.39 is 10.0 Å². The number of sulfonamides is 1. The summed E-state index contributed by atoms with van der Waals surface area (Å²) in [6.07, 6.45) is 0. The summed E-state index contributed by atoms with van der Waals surface area (Å²) in [7, 11) is -0.151. The van der Waals surface area contributed by atoms with Crippen LogP contribution in [0.4, 0.5) is 0 Å². The van der Waals surface area contributed by atoms with Gasteiger partial charge in [-0.15, -0.1) is 0 Å². The lowest BCUT2D eigenvalue weighted by molar-refractivity contribution is 0.118. The molecule has 74 valence electrons. The number of methoxy groups -OCH3 is 1. The van der Waals surface area contributed by atoms with Crippen molar-refractivity contribution in [3.05, 3.63) is 0 Å². The first-order valence-electron chi connectivity index (χ1n) is 3.73. The van der Waals surface area contributed by atoms with Gasteiger partial charge in [0, 0.05) is 12.5 Å². The summed E-state index contributed by atoms with van der Waals surface area (Å²) in [5, 5.41) is 0. The predicted octanol–water partition coefficient (Wildman–Crippen LogP) is 0.208. The van der Waals surface area contributed by atoms with Crippen molar-refractivity contribution >= 4 is 10.0 Å². The minimum atomic E-state index is -3.13. The van der Waals surface area contributed by atoms with Gasteiger partial charge in [0.05, 0.1) is 12.4 Å². The fourth-order valence-electron chi connectivity index (χ4n) is 1.02. The van der Waals surface area contributed by atoms with E-state index in [-0.39, 0.29) is 11.2 Å². The standard InChI is InChI=1S/C7H17NO3S/c1-7(2,5-11-4)6-12(9,10)8-3/h8H,5-6H2,1-4H3. The molecule has 0 radical (unpaired) electrons. The van der Waals surface area contributed by atoms with Gasteiger partial charge >= 0.3 is 0 Å². The van der Waals surface area contributed by atoms with Crippen LogP contribution in [0.5, 0.6) is 0 Å². The van der Waals surface area contributed by atoms with Crippen LogP contribution in [0.25, 0.3) is 0 Å². The minimum absolute atomic E-state index is 0.0876. The molecule has 0 saturated carbocycles. The average Bonchev–Trinajstić information content (AvgIpc) is 1.85. The zero-order valence-corrected chi connectivity index (χ0v) is 8.86. The molecule has 0 heterocycles. The third kappa shape index (κ3) is 4.69. The summed E-state index contributed by atoms with van der Waals surface area (Å²) in [4.78, 5) is 0. The monoisotopic (exact) mass is 195 g/mol. The second-order valence-electron chi connectivity index (χ2n) is 3.56. The van der Waals surface area contributed by atoms with Crippen molar-refractivity contribution in [3.8, 4) is 0 Å². The van der Waals surface area contributed by atoms with Crippen LogP contribution >= 0.6 is 0 Å². The summed E-state index contributed by atoms with van der Waals surface area (Å²) in [5.41, 5.74) is -0.337. The van der Waals surface area contributed by atoms with E-state index >= 15 is 0 Å². The Morgan fingerprint density at radius 2 is 1.92 bits per heavy atom. The van der Waals surface area contributed by atoms with E-state index in [0.29, 0.717) is 6.61 Å². The molecule has 0 unspecified atom stereocenters. The zero-order chi connectivity index (χ0) is 9.83. The second kappa shape index (κ2) is 4.20. The van der Waals surface area contributed by atoms with Gasteiger partial charge in [0.25, 0.3) is 0 Å². The van der Waals surface area contributed by atoms with Gasteiger partial charge in [0.15, 0.2) is 0 Å². The molecule has 0 fully saturated rings. The maximum atomic E-state index is 11.1. The lowest BCUT2D eigenvalue weighted by atomic mass is 9.98. The van der Waals surface area contributed by atoms with Gasteiger partial charge in [0.1, 0.15) is 0 Å². The number of nitrogens with one attached hydrogen (secondary N) is 1. The molecule has 0 atom stereocenters. The molecule has 4 nitrogen and oxygen atoms in total. The van der Waals surface area contributed by atoms with Gasteiger partial charge in [-0.05, 0) is 7.05 Å². The van der Waals surface area contributed by atoms with E-state index in [4.69, 9.17) is 4.74 Å². The van der Waals surface area contributed by atoms with Crippen LogP contribution in [-0.4, -0.2) is 34.9 Å². The molecule has 0 aliphatic heterocycles. The normalized spacial score (nSPS) is 13.3. The van der Waals surface area contributed by atoms with Crippen LogP contribution in [0.1, 0.15) is 13.8 Å². The maximum Gasteiger partial charge on any atom is 0.211 e. The van der Waals surface area contributed by atoms with Crippen LogP contribution in [-0.2, 0) is 14.8 Å². The number of hydrogen-bond acceptors (Lipinski definition) is 3. The van der Waals surface area contributed by atoms with Crippen LogP contribution in [0.2, 0.25) is 0 Å². The van der Waals surface area contributed by atoms with Crippen molar-refractivity contribution in [1.82, 2.24) is 4.72 Å². The van der Waals surface area contributed by atoms with Crippen LogP contribution in [0.3, 0.4) is 0 Å². The molecular formula is C7H17NO3S. The van der Waals surface area contributed by atoms with Gasteiger partial charge in [-0.25, -0.2) is 13.1 Å². The maximum absolute atomic E-state index is 11.1. The highest BCUT2D eigenvalue weighted by molar-refractivity contribution is 7.89. The van der Waals surface area contributed by atoms with E-state index in [1.165, 1.54) is 7.05 Å². The Balaban J connectivity index is 4.24. The molecule has 0 rings (SSSR count). The number of ether oxygens (including phenoxy) is 1. The molecule has 0 spiro atoms. The van der Waals surface area contributed by atoms with Crippen LogP contribution in [0, 0.1) is 5.41 Å². The average molecular weight is 195 g/mol. The highest BCUT2D eigenvalue weighted by Crippen LogP contribution is 2.17. The van der Waals surface area contributed by atoms with Crippen molar-refractivity contribution < 1.29 is 13.2 Å². The van der Waals surface area contributed by atoms with Crippen LogP contribution in [0.15, 0.2) is 0 Å². The molecule has 0 saturated heterocycles. The highest BCUT2D eigenvalue weighted by Gasteiger charge is 2.24. The Morgan fingerprint density at radius 3 is 2.25 bits per heavy atom. The van der Waals surface area contributed by atoms with Crippen molar-refractivity contribution in [2.45, 2.75) is 13.8 Å². The van der Waals surface area contributed by atoms with Gasteiger partial charge in [-0.3, -0.25) is 0 Å². The Bertz CT molecular complexity index is 221. The van der Waals surface area contributed by atoms with Gasteiger partial charge in [-0.2, -0.15) is 0 Å². The first-order valence-corrected chi connectivity index (χ1v) is 5.38. The first kappa shape index (κ1) is 11.9. The van der Waals surface area contributed by atoms with Crippen molar-refractivity contribution in [2.24, 2.45) is 5.41 Å². The lowest BCUT2D eigenvalue weighted by Crippen LogP contribution is -2.34. The van der Waals surface area contributed by atoms with E-state index in [2.05, 4.69) is 4.72 Å². The topological polar surface area (TPSA) is 55.4 Å². The Kier molecular flexibility index (Phi) is 4.16. The molecule has 0 bridgehead atoms. The summed E-state index contributed by atoms with van der Waals surface area (Å²) in [6, 6.07) is 0. The van der Waals surface area contributed by atoms with Gasteiger partial charge in [-0.1, -0.05) is 13.8 Å². The van der Waals surface area contributed by atoms with Gasteiger partial charge < -0.3 is 4.74 Å². The SMILES string of the molecule is CNS(=O)(=O)CC(C)(C)COC. The molecule has 0 aliphatic rings. The third-order valence-electron chi connectivity index (χ3n) is 1.43. The number of hydrogen-bond donors (Lipinski definition) is 1. The van der Waals surface area contributed by atoms with Crippen molar-refractivity contribution in [2.75, 3.05) is 26.5 Å². The molecule has 0 aromatic carbocycles. The largest absolute Gasteiger partial charge is 0.384 e. The van der Waals surface area contributed by atoms with E-state index in [9.17, 15) is 8.42 Å². The molecule has 0 aromatic rings. The first-order chi connectivity index (χ1) is 5.33. The third-order valence-corrected chi connectivity index (χ3v) is 3.21. The van der Waals surface area contributed by atoms with E-state index in [0.717, 1.165) is 0 Å². The quantitative estimate of drug-likeness (QED) is 0.682. The lowest BCUT2D eigenvalue weighted by Gasteiger charge is -2.22. The predicted molar refractivity (Wildman–Crippen MR) is 48.5 cm³/mol. The molecule has 0 amide bonds. The molecule has 0 aromatic heterocycles. The minimum Gasteiger partial charge on any atom is -0.384 e. The molecule has 12 heavy (non-hydrogen) atoms. The summed E-state index contributed by atoms with van der Waals surface area (Å²) in [5.74, 6) is 0.0876. The fraction of sp³-hybridized carbons (Fsp3) is 1.00. The molecule has 1 N–H and O–H groups in total. The van der Waals surface area contributed by atoms with Crippen molar-refractivity contribution in [3.63, 3.8) is 0 Å². The van der Waals surface area contributed by atoms with Crippen molar-refractivity contribution in [1.29, 1.82) is 0 Å². The number of rotatable bonds is 5. The van der Waals surface area contributed by atoms with Gasteiger partial charge in [0.2, 0.25) is 10.0 Å². The zero-order valence-electron chi connectivity index (χ0n) is 8.05. The highest BCUT2D eigenvalue weighted by atomic mass is 32.2. The van der Waals surface area contributed by atoms with E-state index in [1.54, 1.807) is 7.11 Å².